The predicted octanol–water partition coefficient (Wildman–Crippen LogP) is 9.21. The lowest BCUT2D eigenvalue weighted by atomic mass is 9.94. The molecule has 264 valence electrons. The number of aryl methyl sites for hydroxylation is 2. The molecule has 0 amide bonds. The van der Waals surface area contributed by atoms with Gasteiger partial charge in [-0.05, 0) is 132 Å². The Morgan fingerprint density at radius 3 is 2.54 bits per heavy atom. The van der Waals surface area contributed by atoms with Crippen molar-refractivity contribution in [2.75, 3.05) is 40.3 Å². The normalized spacial score (nSPS) is 14.2. The molecule has 8 heteroatoms. The Morgan fingerprint density at radius 1 is 1.10 bits per heavy atom. The molecule has 1 aliphatic heterocycles. The van der Waals surface area contributed by atoms with Crippen molar-refractivity contribution in [1.82, 2.24) is 35.3 Å². The van der Waals surface area contributed by atoms with Crippen molar-refractivity contribution < 1.29 is 4.39 Å². The first kappa shape index (κ1) is 38.0. The van der Waals surface area contributed by atoms with Crippen LogP contribution in [0, 0.1) is 12.7 Å². The molecule has 4 aromatic rings. The van der Waals surface area contributed by atoms with Gasteiger partial charge in [0, 0.05) is 34.6 Å². The van der Waals surface area contributed by atoms with Gasteiger partial charge in [-0.1, -0.05) is 57.9 Å². The molecule has 5 rings (SSSR count). The van der Waals surface area contributed by atoms with Gasteiger partial charge in [0.25, 0.3) is 0 Å². The van der Waals surface area contributed by atoms with E-state index < -0.39 is 0 Å². The number of hydrogen-bond acceptors (Lipinski definition) is 5. The zero-order valence-electron chi connectivity index (χ0n) is 30.8. The Kier molecular flexibility index (Phi) is 13.9. The Hall–Kier alpha value is -4.79. The summed E-state index contributed by atoms with van der Waals surface area (Å²) in [5, 5.41) is 12.1. The number of aromatic amines is 2. The minimum atomic E-state index is -0.226. The zero-order valence-corrected chi connectivity index (χ0v) is 30.8. The fourth-order valence-corrected chi connectivity index (χ4v) is 6.41. The summed E-state index contributed by atoms with van der Waals surface area (Å²) >= 11 is 0. The molecule has 1 fully saturated rings. The molecule has 7 nitrogen and oxygen atoms in total. The van der Waals surface area contributed by atoms with Gasteiger partial charge in [0.2, 0.25) is 0 Å². The molecule has 0 unspecified atom stereocenters. The molecule has 3 N–H and O–H groups in total. The van der Waals surface area contributed by atoms with E-state index in [0.717, 1.165) is 92.3 Å². The maximum absolute atomic E-state index is 15.0. The Labute approximate surface area is 298 Å². The maximum atomic E-state index is 15.0. The van der Waals surface area contributed by atoms with E-state index in [4.69, 9.17) is 4.98 Å². The van der Waals surface area contributed by atoms with E-state index in [1.807, 2.05) is 72.3 Å². The highest BCUT2D eigenvalue weighted by Gasteiger charge is 2.18. The topological polar surface area (TPSA) is 75.9 Å². The highest BCUT2D eigenvalue weighted by molar-refractivity contribution is 5.95. The van der Waals surface area contributed by atoms with Gasteiger partial charge in [0.1, 0.15) is 11.5 Å². The summed E-state index contributed by atoms with van der Waals surface area (Å²) in [5.74, 6) is -0.226. The maximum Gasteiger partial charge on any atom is 0.124 e. The summed E-state index contributed by atoms with van der Waals surface area (Å²) in [7, 11) is 4.01. The van der Waals surface area contributed by atoms with Crippen LogP contribution >= 0.6 is 0 Å². The summed E-state index contributed by atoms with van der Waals surface area (Å²) in [4.78, 5) is 12.8. The number of nitrogens with one attached hydrogen (secondary N) is 3. The van der Waals surface area contributed by atoms with Gasteiger partial charge in [0.05, 0.1) is 23.1 Å². The van der Waals surface area contributed by atoms with Crippen LogP contribution in [0.5, 0.6) is 0 Å². The molecule has 0 bridgehead atoms. The molecule has 3 aromatic heterocycles. The van der Waals surface area contributed by atoms with Crippen LogP contribution in [-0.2, 0) is 6.42 Å². The SMILES string of the molecule is C=C/C=C(/c1cc(F)cc(CCCN2CCCC2)c1)c1cc(-c2n[nH]c3cnc(C(/C=C(\C=C)NC(=C)CN(C)C)=C/C)cc23)[nH]c1C.CC. The number of allylic oxidation sites excluding steroid dienone is 6. The van der Waals surface area contributed by atoms with Gasteiger partial charge in [-0.25, -0.2) is 4.39 Å². The van der Waals surface area contributed by atoms with Gasteiger partial charge in [-0.3, -0.25) is 10.1 Å². The molecule has 0 spiro atoms. The molecular formula is C42H54FN7. The van der Waals surface area contributed by atoms with Gasteiger partial charge in [-0.15, -0.1) is 0 Å². The number of aromatic nitrogens is 4. The van der Waals surface area contributed by atoms with Gasteiger partial charge >= 0.3 is 0 Å². The molecular weight excluding hydrogens is 622 g/mol. The third kappa shape index (κ3) is 9.67. The molecule has 4 heterocycles. The van der Waals surface area contributed by atoms with Crippen LogP contribution in [0.3, 0.4) is 0 Å². The van der Waals surface area contributed by atoms with Crippen LogP contribution in [0.15, 0.2) is 98.0 Å². The smallest absolute Gasteiger partial charge is 0.124 e. The number of fused-ring (bicyclic) bond motifs is 1. The highest BCUT2D eigenvalue weighted by Crippen LogP contribution is 2.34. The summed E-state index contributed by atoms with van der Waals surface area (Å²) in [5.41, 5.74) is 10.6. The number of hydrogen-bond donors (Lipinski definition) is 3. The van der Waals surface area contributed by atoms with Crippen LogP contribution in [0.25, 0.3) is 33.4 Å². The lowest BCUT2D eigenvalue weighted by Gasteiger charge is -2.15. The summed E-state index contributed by atoms with van der Waals surface area (Å²) < 4.78 is 15.0. The van der Waals surface area contributed by atoms with Crippen molar-refractivity contribution in [3.63, 3.8) is 0 Å². The van der Waals surface area contributed by atoms with Crippen LogP contribution in [-0.4, -0.2) is 70.2 Å². The number of rotatable bonds is 15. The van der Waals surface area contributed by atoms with Crippen molar-refractivity contribution in [2.24, 2.45) is 0 Å². The minimum Gasteiger partial charge on any atom is -0.358 e. The lowest BCUT2D eigenvalue weighted by Crippen LogP contribution is -2.23. The number of H-pyrrole nitrogens is 2. The number of pyridine rings is 1. The van der Waals surface area contributed by atoms with Crippen molar-refractivity contribution in [3.05, 3.63) is 132 Å². The quantitative estimate of drug-likeness (QED) is 0.110. The third-order valence-corrected chi connectivity index (χ3v) is 8.66. The Balaban J connectivity index is 0.00000276. The summed E-state index contributed by atoms with van der Waals surface area (Å²) in [6.07, 6.45) is 15.8. The number of likely N-dealkylation sites (N-methyl/N-ethyl adjacent to an activating group) is 1. The van der Waals surface area contributed by atoms with Crippen molar-refractivity contribution in [1.29, 1.82) is 0 Å². The zero-order chi connectivity index (χ0) is 36.2. The van der Waals surface area contributed by atoms with Gasteiger partial charge in [-0.2, -0.15) is 5.10 Å². The van der Waals surface area contributed by atoms with E-state index in [1.54, 1.807) is 24.3 Å². The molecule has 0 radical (unpaired) electrons. The van der Waals surface area contributed by atoms with E-state index in [-0.39, 0.29) is 5.82 Å². The summed E-state index contributed by atoms with van der Waals surface area (Å²) in [6, 6.07) is 9.53. The van der Waals surface area contributed by atoms with Crippen LogP contribution in [0.2, 0.25) is 0 Å². The van der Waals surface area contributed by atoms with Gasteiger partial charge in [0.15, 0.2) is 0 Å². The van der Waals surface area contributed by atoms with Crippen LogP contribution in [0.4, 0.5) is 4.39 Å². The number of nitrogens with zero attached hydrogens (tertiary/aromatic N) is 4. The fourth-order valence-electron chi connectivity index (χ4n) is 6.41. The monoisotopic (exact) mass is 675 g/mol. The molecule has 0 aliphatic carbocycles. The molecule has 1 aromatic carbocycles. The highest BCUT2D eigenvalue weighted by atomic mass is 19.1. The van der Waals surface area contributed by atoms with E-state index in [0.29, 0.717) is 6.54 Å². The standard InChI is InChI=1S/C40H48FN7.C2H6/c1-8-14-34(31-19-29(20-32(41)21-31)15-13-18-48-16-11-12-17-48)35-23-38(44-28(35)5)40-36-24-37(42-25-39(36)45-46-40)30(9-2)22-33(10-3)43-27(4)26-47(6)7;1-2/h8-10,14,19-25,43-44H,1,3-4,11-13,15-18,26H2,2,5-7H3,(H,45,46);1-2H3/b30-9+,33-22+,34-14-;. The predicted molar refractivity (Wildman–Crippen MR) is 210 cm³/mol. The van der Waals surface area contributed by atoms with Gasteiger partial charge < -0.3 is 20.1 Å². The number of halogens is 1. The van der Waals surface area contributed by atoms with E-state index >= 15 is 4.39 Å². The molecule has 0 saturated carbocycles. The average molecular weight is 676 g/mol. The fraction of sp³-hybridized carbons (Fsp3) is 0.333. The lowest BCUT2D eigenvalue weighted by molar-refractivity contribution is 0.334. The van der Waals surface area contributed by atoms with E-state index in [9.17, 15) is 0 Å². The number of benzene rings is 1. The van der Waals surface area contributed by atoms with Crippen molar-refractivity contribution in [3.8, 4) is 11.4 Å². The van der Waals surface area contributed by atoms with Crippen molar-refractivity contribution in [2.45, 2.75) is 53.4 Å². The Morgan fingerprint density at radius 2 is 1.86 bits per heavy atom. The molecule has 50 heavy (non-hydrogen) atoms. The molecule has 0 atom stereocenters. The second kappa shape index (κ2) is 18.3. The Bertz CT molecular complexity index is 1880. The largest absolute Gasteiger partial charge is 0.358 e. The second-order valence-electron chi connectivity index (χ2n) is 12.7. The number of likely N-dealkylation sites (tertiary alicyclic amines) is 1. The first-order chi connectivity index (χ1) is 24.2. The first-order valence-corrected chi connectivity index (χ1v) is 17.7. The van der Waals surface area contributed by atoms with Crippen LogP contribution < -0.4 is 5.32 Å². The van der Waals surface area contributed by atoms with Crippen molar-refractivity contribution >= 4 is 22.0 Å². The minimum absolute atomic E-state index is 0.226. The van der Waals surface area contributed by atoms with E-state index in [1.165, 1.54) is 25.9 Å². The second-order valence-corrected chi connectivity index (χ2v) is 12.7. The summed E-state index contributed by atoms with van der Waals surface area (Å²) in [6.45, 7) is 24.2. The third-order valence-electron chi connectivity index (χ3n) is 8.66. The van der Waals surface area contributed by atoms with E-state index in [2.05, 4.69) is 62.2 Å². The first-order valence-electron chi connectivity index (χ1n) is 17.7. The van der Waals surface area contributed by atoms with Crippen LogP contribution in [0.1, 0.15) is 68.1 Å². The molecule has 1 saturated heterocycles. The average Bonchev–Trinajstić information content (AvgIpc) is 3.86. The molecule has 1 aliphatic rings.